The molecule has 0 radical (unpaired) electrons. The van der Waals surface area contributed by atoms with Gasteiger partial charge in [0.1, 0.15) is 5.75 Å². The van der Waals surface area contributed by atoms with E-state index in [1.807, 2.05) is 13.8 Å². The average Bonchev–Trinajstić information content (AvgIpc) is 2.50. The number of carboxylic acid groups (broad SMARTS) is 1. The van der Waals surface area contributed by atoms with Crippen LogP contribution in [-0.2, 0) is 14.3 Å². The first-order chi connectivity index (χ1) is 10.4. The normalized spacial score (nSPS) is 18.1. The van der Waals surface area contributed by atoms with Crippen molar-refractivity contribution in [2.45, 2.75) is 19.9 Å². The minimum absolute atomic E-state index is 0.000233. The van der Waals surface area contributed by atoms with Crippen LogP contribution < -0.4 is 4.74 Å². The Morgan fingerprint density at radius 3 is 2.64 bits per heavy atom. The van der Waals surface area contributed by atoms with Gasteiger partial charge in [0.05, 0.1) is 13.2 Å². The Labute approximate surface area is 133 Å². The Hall–Kier alpha value is -1.79. The van der Waals surface area contributed by atoms with Crippen LogP contribution in [0.4, 0.5) is 0 Å². The molecular formula is C15H18ClNO5. The lowest BCUT2D eigenvalue weighted by molar-refractivity contribution is -0.159. The summed E-state index contributed by atoms with van der Waals surface area (Å²) in [6.45, 7) is 4.07. The molecule has 0 bridgehead atoms. The maximum Gasteiger partial charge on any atom is 0.328 e. The number of halogens is 1. The van der Waals surface area contributed by atoms with Crippen molar-refractivity contribution in [3.8, 4) is 5.75 Å². The fraction of sp³-hybridized carbons (Fsp3) is 0.467. The predicted octanol–water partition coefficient (Wildman–Crippen LogP) is 1.65. The Morgan fingerprint density at radius 2 is 2.05 bits per heavy atom. The standard InChI is InChI=1S/C15H18ClNO5/c1-9-5-11(6-10(2)14(9)16)22-8-13(18)17-3-4-21-7-12(17)15(19)20/h5-6,12H,3-4,7-8H2,1-2H3,(H,19,20). The minimum Gasteiger partial charge on any atom is -0.484 e. The summed E-state index contributed by atoms with van der Waals surface area (Å²) in [6.07, 6.45) is 0. The van der Waals surface area contributed by atoms with Crippen molar-refractivity contribution in [2.75, 3.05) is 26.4 Å². The van der Waals surface area contributed by atoms with Crippen molar-refractivity contribution in [1.82, 2.24) is 4.90 Å². The van der Waals surface area contributed by atoms with Crippen LogP contribution in [0, 0.1) is 13.8 Å². The third-order valence-electron chi connectivity index (χ3n) is 3.51. The van der Waals surface area contributed by atoms with Crippen molar-refractivity contribution in [3.05, 3.63) is 28.3 Å². The van der Waals surface area contributed by atoms with Gasteiger partial charge < -0.3 is 19.5 Å². The van der Waals surface area contributed by atoms with E-state index in [1.54, 1.807) is 12.1 Å². The van der Waals surface area contributed by atoms with Gasteiger partial charge >= 0.3 is 5.97 Å². The summed E-state index contributed by atoms with van der Waals surface area (Å²) in [5, 5.41) is 9.78. The number of morpholine rings is 1. The lowest BCUT2D eigenvalue weighted by atomic mass is 10.1. The number of aliphatic carboxylic acids is 1. The van der Waals surface area contributed by atoms with Gasteiger partial charge in [-0.3, -0.25) is 4.79 Å². The quantitative estimate of drug-likeness (QED) is 0.910. The highest BCUT2D eigenvalue weighted by Gasteiger charge is 2.32. The molecule has 1 heterocycles. The van der Waals surface area contributed by atoms with Gasteiger partial charge in [-0.2, -0.15) is 0 Å². The molecule has 1 saturated heterocycles. The van der Waals surface area contributed by atoms with Gasteiger partial charge in [0, 0.05) is 11.6 Å². The van der Waals surface area contributed by atoms with E-state index in [0.29, 0.717) is 17.4 Å². The molecule has 0 aromatic heterocycles. The van der Waals surface area contributed by atoms with Crippen LogP contribution >= 0.6 is 11.6 Å². The van der Waals surface area contributed by atoms with E-state index in [2.05, 4.69) is 0 Å². The molecule has 6 nitrogen and oxygen atoms in total. The molecule has 22 heavy (non-hydrogen) atoms. The van der Waals surface area contributed by atoms with E-state index in [-0.39, 0.29) is 25.7 Å². The Balaban J connectivity index is 2.01. The van der Waals surface area contributed by atoms with Crippen LogP contribution in [0.2, 0.25) is 5.02 Å². The van der Waals surface area contributed by atoms with Crippen molar-refractivity contribution in [1.29, 1.82) is 0 Å². The highest BCUT2D eigenvalue weighted by molar-refractivity contribution is 6.32. The third kappa shape index (κ3) is 3.69. The van der Waals surface area contributed by atoms with Crippen LogP contribution in [0.1, 0.15) is 11.1 Å². The highest BCUT2D eigenvalue weighted by atomic mass is 35.5. The number of hydrogen-bond donors (Lipinski definition) is 1. The molecule has 1 aliphatic heterocycles. The first kappa shape index (κ1) is 16.6. The van der Waals surface area contributed by atoms with Gasteiger partial charge in [-0.1, -0.05) is 11.6 Å². The van der Waals surface area contributed by atoms with Crippen molar-refractivity contribution in [3.63, 3.8) is 0 Å². The number of benzene rings is 1. The van der Waals surface area contributed by atoms with Gasteiger partial charge in [-0.15, -0.1) is 0 Å². The van der Waals surface area contributed by atoms with E-state index in [9.17, 15) is 9.59 Å². The second-order valence-corrected chi connectivity index (χ2v) is 5.55. The molecule has 1 N–H and O–H groups in total. The van der Waals surface area contributed by atoms with Crippen molar-refractivity contribution >= 4 is 23.5 Å². The zero-order chi connectivity index (χ0) is 16.3. The minimum atomic E-state index is -1.08. The molecule has 1 unspecified atom stereocenters. The predicted molar refractivity (Wildman–Crippen MR) is 80.4 cm³/mol. The SMILES string of the molecule is Cc1cc(OCC(=O)N2CCOCC2C(=O)O)cc(C)c1Cl. The molecule has 120 valence electrons. The summed E-state index contributed by atoms with van der Waals surface area (Å²) in [4.78, 5) is 24.6. The smallest absolute Gasteiger partial charge is 0.328 e. The molecule has 1 aromatic carbocycles. The topological polar surface area (TPSA) is 76.1 Å². The van der Waals surface area contributed by atoms with Crippen LogP contribution in [0.3, 0.4) is 0 Å². The molecular weight excluding hydrogens is 310 g/mol. The highest BCUT2D eigenvalue weighted by Crippen LogP contribution is 2.25. The molecule has 0 aliphatic carbocycles. The summed E-state index contributed by atoms with van der Waals surface area (Å²) in [6, 6.07) is 2.53. The number of carbonyl (C=O) groups excluding carboxylic acids is 1. The van der Waals surface area contributed by atoms with Gasteiger partial charge in [0.25, 0.3) is 5.91 Å². The number of ether oxygens (including phenoxy) is 2. The van der Waals surface area contributed by atoms with Crippen LogP contribution in [-0.4, -0.2) is 54.3 Å². The van der Waals surface area contributed by atoms with Gasteiger partial charge in [-0.25, -0.2) is 4.79 Å². The maximum absolute atomic E-state index is 12.2. The zero-order valence-corrected chi connectivity index (χ0v) is 13.2. The van der Waals surface area contributed by atoms with Crippen LogP contribution in [0.5, 0.6) is 5.75 Å². The molecule has 1 amide bonds. The number of hydrogen-bond acceptors (Lipinski definition) is 4. The van der Waals surface area contributed by atoms with E-state index < -0.39 is 12.0 Å². The molecule has 0 saturated carbocycles. The number of aryl methyl sites for hydroxylation is 2. The first-order valence-electron chi connectivity index (χ1n) is 6.89. The molecule has 1 aliphatic rings. The van der Waals surface area contributed by atoms with E-state index in [4.69, 9.17) is 26.2 Å². The van der Waals surface area contributed by atoms with Gasteiger partial charge in [0.2, 0.25) is 0 Å². The summed E-state index contributed by atoms with van der Waals surface area (Å²) >= 11 is 6.08. The second-order valence-electron chi connectivity index (χ2n) is 5.18. The number of amides is 1. The molecule has 0 spiro atoms. The largest absolute Gasteiger partial charge is 0.484 e. The zero-order valence-electron chi connectivity index (χ0n) is 12.5. The summed E-state index contributed by atoms with van der Waals surface area (Å²) in [5.41, 5.74) is 1.72. The first-order valence-corrected chi connectivity index (χ1v) is 7.27. The Morgan fingerprint density at radius 1 is 1.41 bits per heavy atom. The monoisotopic (exact) mass is 327 g/mol. The third-order valence-corrected chi connectivity index (χ3v) is 4.10. The summed E-state index contributed by atoms with van der Waals surface area (Å²) in [5.74, 6) is -0.917. The fourth-order valence-corrected chi connectivity index (χ4v) is 2.43. The number of carboxylic acids is 1. The van der Waals surface area contributed by atoms with E-state index in [0.717, 1.165) is 11.1 Å². The summed E-state index contributed by atoms with van der Waals surface area (Å²) in [7, 11) is 0. The molecule has 1 fully saturated rings. The molecule has 1 atom stereocenters. The summed E-state index contributed by atoms with van der Waals surface area (Å²) < 4.78 is 10.6. The Kier molecular flexibility index (Phi) is 5.26. The van der Waals surface area contributed by atoms with E-state index >= 15 is 0 Å². The molecule has 7 heteroatoms. The van der Waals surface area contributed by atoms with Crippen molar-refractivity contribution in [2.24, 2.45) is 0 Å². The van der Waals surface area contributed by atoms with Gasteiger partial charge in [-0.05, 0) is 37.1 Å². The molecule has 2 rings (SSSR count). The second kappa shape index (κ2) is 6.98. The Bertz CT molecular complexity index is 566. The maximum atomic E-state index is 12.2. The lowest BCUT2D eigenvalue weighted by Gasteiger charge is -2.32. The average molecular weight is 328 g/mol. The van der Waals surface area contributed by atoms with Crippen molar-refractivity contribution < 1.29 is 24.2 Å². The van der Waals surface area contributed by atoms with Gasteiger partial charge in [0.15, 0.2) is 12.6 Å². The number of rotatable bonds is 4. The van der Waals surface area contributed by atoms with Crippen LogP contribution in [0.15, 0.2) is 12.1 Å². The van der Waals surface area contributed by atoms with Crippen LogP contribution in [0.25, 0.3) is 0 Å². The number of nitrogens with zero attached hydrogens (tertiary/aromatic N) is 1. The van der Waals surface area contributed by atoms with E-state index in [1.165, 1.54) is 4.90 Å². The fourth-order valence-electron chi connectivity index (χ4n) is 2.32. The molecule has 1 aromatic rings. The lowest BCUT2D eigenvalue weighted by Crippen LogP contribution is -2.53. The number of carbonyl (C=O) groups is 2.